The van der Waals surface area contributed by atoms with E-state index in [4.69, 9.17) is 14.6 Å². The van der Waals surface area contributed by atoms with Crippen molar-refractivity contribution in [3.05, 3.63) is 59.7 Å². The van der Waals surface area contributed by atoms with Gasteiger partial charge in [0.05, 0.1) is 5.75 Å². The number of rotatable bonds is 12. The normalized spacial score (nSPS) is 16.5. The lowest BCUT2D eigenvalue weighted by Gasteiger charge is -2.37. The minimum Gasteiger partial charge on any atom is -0.489 e. The van der Waals surface area contributed by atoms with Gasteiger partial charge >= 0.3 is 5.97 Å². The van der Waals surface area contributed by atoms with Gasteiger partial charge in [0.2, 0.25) is 15.9 Å². The first kappa shape index (κ1) is 27.5. The standard InChI is InChI=1S/C26H34N2O7S/c1-26(2)15-20(18-36(32,33)27-13-7-10-24(29)28(3)16-25(30)31)22-14-21(11-12-23(22)35-26)34-17-19-8-5-4-6-9-19/h4-6,8-9,11-12,14,20,27H,7,10,13,15-18H2,1-3H3,(H,30,31). The van der Waals surface area contributed by atoms with Crippen molar-refractivity contribution in [1.29, 1.82) is 0 Å². The van der Waals surface area contributed by atoms with Gasteiger partial charge in [-0.2, -0.15) is 0 Å². The number of carboxylic acids is 1. The fourth-order valence-electron chi connectivity index (χ4n) is 4.23. The molecule has 0 spiro atoms. The van der Waals surface area contributed by atoms with Crippen LogP contribution < -0.4 is 14.2 Å². The lowest BCUT2D eigenvalue weighted by Crippen LogP contribution is -2.39. The first-order valence-electron chi connectivity index (χ1n) is 11.9. The van der Waals surface area contributed by atoms with Crippen molar-refractivity contribution in [2.24, 2.45) is 0 Å². The molecule has 1 heterocycles. The fraction of sp³-hybridized carbons (Fsp3) is 0.462. The molecular weight excluding hydrogens is 484 g/mol. The Morgan fingerprint density at radius 3 is 2.61 bits per heavy atom. The second-order valence-corrected chi connectivity index (χ2v) is 11.5. The van der Waals surface area contributed by atoms with E-state index in [1.807, 2.05) is 62.4 Å². The molecule has 0 aliphatic carbocycles. The van der Waals surface area contributed by atoms with Crippen LogP contribution in [0.2, 0.25) is 0 Å². The SMILES string of the molecule is CN(CC(=O)O)C(=O)CCCNS(=O)(=O)CC1CC(C)(C)Oc2ccc(OCc3ccccc3)cc21. The molecule has 2 N–H and O–H groups in total. The topological polar surface area (TPSA) is 122 Å². The van der Waals surface area contributed by atoms with Crippen molar-refractivity contribution in [1.82, 2.24) is 9.62 Å². The van der Waals surface area contributed by atoms with Gasteiger partial charge in [-0.25, -0.2) is 13.1 Å². The fourth-order valence-corrected chi connectivity index (χ4v) is 5.63. The van der Waals surface area contributed by atoms with Crippen LogP contribution in [0, 0.1) is 0 Å². The van der Waals surface area contributed by atoms with Crippen LogP contribution in [-0.4, -0.2) is 61.8 Å². The molecule has 1 unspecified atom stereocenters. The number of nitrogens with zero attached hydrogens (tertiary/aromatic N) is 1. The van der Waals surface area contributed by atoms with Gasteiger partial charge < -0.3 is 19.5 Å². The molecule has 0 saturated heterocycles. The number of hydrogen-bond donors (Lipinski definition) is 2. The zero-order valence-corrected chi connectivity index (χ0v) is 21.7. The summed E-state index contributed by atoms with van der Waals surface area (Å²) in [7, 11) is -2.24. The molecule has 0 fully saturated rings. The third-order valence-corrected chi connectivity index (χ3v) is 7.39. The maximum atomic E-state index is 12.9. The summed E-state index contributed by atoms with van der Waals surface area (Å²) in [5, 5.41) is 8.77. The largest absolute Gasteiger partial charge is 0.489 e. The highest BCUT2D eigenvalue weighted by atomic mass is 32.2. The number of nitrogens with one attached hydrogen (secondary N) is 1. The van der Waals surface area contributed by atoms with Gasteiger partial charge in [-0.3, -0.25) is 9.59 Å². The van der Waals surface area contributed by atoms with Crippen LogP contribution in [0.25, 0.3) is 0 Å². The van der Waals surface area contributed by atoms with Crippen LogP contribution in [0.5, 0.6) is 11.5 Å². The minimum atomic E-state index is -3.64. The number of carbonyl (C=O) groups excluding carboxylic acids is 1. The molecule has 2 aromatic rings. The van der Waals surface area contributed by atoms with Gasteiger partial charge in [-0.15, -0.1) is 0 Å². The van der Waals surface area contributed by atoms with Crippen LogP contribution in [0.1, 0.15) is 50.2 Å². The predicted octanol–water partition coefficient (Wildman–Crippen LogP) is 3.15. The monoisotopic (exact) mass is 518 g/mol. The molecule has 0 saturated carbocycles. The molecule has 36 heavy (non-hydrogen) atoms. The van der Waals surface area contributed by atoms with Crippen LogP contribution >= 0.6 is 0 Å². The number of amides is 1. The number of aliphatic carboxylic acids is 1. The summed E-state index contributed by atoms with van der Waals surface area (Å²) >= 11 is 0. The highest BCUT2D eigenvalue weighted by Crippen LogP contribution is 2.43. The Balaban J connectivity index is 1.62. The molecule has 1 aliphatic rings. The van der Waals surface area contributed by atoms with E-state index in [-0.39, 0.29) is 43.5 Å². The second kappa shape index (κ2) is 11.7. The highest BCUT2D eigenvalue weighted by Gasteiger charge is 2.36. The molecule has 0 bridgehead atoms. The molecule has 2 aromatic carbocycles. The summed E-state index contributed by atoms with van der Waals surface area (Å²) in [6, 6.07) is 15.3. The summed E-state index contributed by atoms with van der Waals surface area (Å²) in [6.07, 6.45) is 0.846. The zero-order valence-electron chi connectivity index (χ0n) is 20.9. The quantitative estimate of drug-likeness (QED) is 0.414. The molecule has 1 atom stereocenters. The van der Waals surface area contributed by atoms with Gasteiger partial charge in [-0.05, 0) is 50.5 Å². The summed E-state index contributed by atoms with van der Waals surface area (Å²) in [4.78, 5) is 23.8. The smallest absolute Gasteiger partial charge is 0.323 e. The molecule has 0 aromatic heterocycles. The van der Waals surface area contributed by atoms with Gasteiger partial charge in [0.25, 0.3) is 0 Å². The second-order valence-electron chi connectivity index (χ2n) is 9.66. The Hall–Kier alpha value is -3.11. The zero-order chi connectivity index (χ0) is 26.3. The number of hydrogen-bond acceptors (Lipinski definition) is 6. The summed E-state index contributed by atoms with van der Waals surface area (Å²) < 4.78 is 40.4. The van der Waals surface area contributed by atoms with Crippen LogP contribution in [0.15, 0.2) is 48.5 Å². The summed E-state index contributed by atoms with van der Waals surface area (Å²) in [5.41, 5.74) is 1.29. The first-order chi connectivity index (χ1) is 16.9. The van der Waals surface area contributed by atoms with E-state index >= 15 is 0 Å². The van der Waals surface area contributed by atoms with E-state index in [0.29, 0.717) is 24.5 Å². The molecule has 10 heteroatoms. The van der Waals surface area contributed by atoms with Gasteiger partial charge in [0.15, 0.2) is 0 Å². The molecular formula is C26H34N2O7S. The minimum absolute atomic E-state index is 0.0571. The van der Waals surface area contributed by atoms with Crippen molar-refractivity contribution >= 4 is 21.9 Å². The van der Waals surface area contributed by atoms with E-state index in [1.165, 1.54) is 7.05 Å². The Labute approximate surface area is 212 Å². The maximum Gasteiger partial charge on any atom is 0.323 e. The van der Waals surface area contributed by atoms with Crippen molar-refractivity contribution < 1.29 is 32.6 Å². The molecule has 1 amide bonds. The van der Waals surface area contributed by atoms with Gasteiger partial charge in [0.1, 0.15) is 30.3 Å². The third-order valence-electron chi connectivity index (χ3n) is 5.90. The van der Waals surface area contributed by atoms with Gasteiger partial charge in [-0.1, -0.05) is 30.3 Å². The number of ether oxygens (including phenoxy) is 2. The Kier molecular flexibility index (Phi) is 8.97. The van der Waals surface area contributed by atoms with E-state index in [9.17, 15) is 18.0 Å². The number of sulfonamides is 1. The average Bonchev–Trinajstić information content (AvgIpc) is 2.80. The van der Waals surface area contributed by atoms with E-state index < -0.39 is 21.6 Å². The highest BCUT2D eigenvalue weighted by molar-refractivity contribution is 7.89. The number of carboxylic acid groups (broad SMARTS) is 1. The lowest BCUT2D eigenvalue weighted by atomic mass is 9.85. The first-order valence-corrected chi connectivity index (χ1v) is 13.5. The van der Waals surface area contributed by atoms with Crippen LogP contribution in [0.4, 0.5) is 0 Å². The third kappa shape index (κ3) is 8.23. The number of fused-ring (bicyclic) bond motifs is 1. The van der Waals surface area contributed by atoms with E-state index in [2.05, 4.69) is 4.72 Å². The Morgan fingerprint density at radius 2 is 1.92 bits per heavy atom. The van der Waals surface area contributed by atoms with Crippen molar-refractivity contribution in [3.8, 4) is 11.5 Å². The van der Waals surface area contributed by atoms with Crippen molar-refractivity contribution in [2.75, 3.05) is 25.9 Å². The lowest BCUT2D eigenvalue weighted by molar-refractivity contribution is -0.143. The molecule has 196 valence electrons. The van der Waals surface area contributed by atoms with Crippen molar-refractivity contribution in [2.45, 2.75) is 51.2 Å². The molecule has 0 radical (unpaired) electrons. The van der Waals surface area contributed by atoms with E-state index in [1.54, 1.807) is 0 Å². The average molecular weight is 519 g/mol. The Morgan fingerprint density at radius 1 is 1.19 bits per heavy atom. The predicted molar refractivity (Wildman–Crippen MR) is 136 cm³/mol. The number of benzene rings is 2. The van der Waals surface area contributed by atoms with Crippen LogP contribution in [0.3, 0.4) is 0 Å². The maximum absolute atomic E-state index is 12.9. The van der Waals surface area contributed by atoms with Crippen LogP contribution in [-0.2, 0) is 26.2 Å². The van der Waals surface area contributed by atoms with Crippen molar-refractivity contribution in [3.63, 3.8) is 0 Å². The number of likely N-dealkylation sites (N-methyl/N-ethyl adjacent to an activating group) is 1. The molecule has 1 aliphatic heterocycles. The molecule has 9 nitrogen and oxygen atoms in total. The van der Waals surface area contributed by atoms with Gasteiger partial charge in [0, 0.05) is 31.5 Å². The Bertz CT molecular complexity index is 1170. The number of carbonyl (C=O) groups is 2. The summed E-state index contributed by atoms with van der Waals surface area (Å²) in [6.45, 7) is 3.97. The molecule has 3 rings (SSSR count). The van der Waals surface area contributed by atoms with E-state index in [0.717, 1.165) is 16.0 Å². The summed E-state index contributed by atoms with van der Waals surface area (Å²) in [5.74, 6) is -0.586.